The molecule has 0 saturated carbocycles. The van der Waals surface area contributed by atoms with E-state index in [0.29, 0.717) is 16.5 Å². The van der Waals surface area contributed by atoms with Crippen molar-refractivity contribution in [2.24, 2.45) is 7.05 Å². The van der Waals surface area contributed by atoms with Gasteiger partial charge in [-0.15, -0.1) is 0 Å². The van der Waals surface area contributed by atoms with Crippen LogP contribution in [0.1, 0.15) is 21.7 Å². The molecule has 0 atom stereocenters. The van der Waals surface area contributed by atoms with Crippen LogP contribution in [0.3, 0.4) is 0 Å². The van der Waals surface area contributed by atoms with E-state index >= 15 is 0 Å². The maximum Gasteiger partial charge on any atom is 0.275 e. The summed E-state index contributed by atoms with van der Waals surface area (Å²) < 4.78 is 7.07. The molecular formula is C19H16Cl2N4O4. The minimum Gasteiger partial charge on any atom is -0.457 e. The first kappa shape index (κ1) is 20.6. The Hall–Kier alpha value is -3.10. The maximum absolute atomic E-state index is 12.6. The summed E-state index contributed by atoms with van der Waals surface area (Å²) in [5.74, 6) is 0.0883. The summed E-state index contributed by atoms with van der Waals surface area (Å²) >= 11 is 12.1. The number of nitrogens with zero attached hydrogens (tertiary/aromatic N) is 3. The first-order valence-electron chi connectivity index (χ1n) is 8.39. The van der Waals surface area contributed by atoms with Gasteiger partial charge in [-0.1, -0.05) is 23.2 Å². The van der Waals surface area contributed by atoms with Gasteiger partial charge >= 0.3 is 0 Å². The largest absolute Gasteiger partial charge is 0.457 e. The maximum atomic E-state index is 12.6. The van der Waals surface area contributed by atoms with Gasteiger partial charge in [-0.3, -0.25) is 19.6 Å². The molecule has 1 aromatic heterocycles. The third-order valence-electron chi connectivity index (χ3n) is 4.09. The minimum atomic E-state index is -0.573. The van der Waals surface area contributed by atoms with Crippen LogP contribution in [0.4, 0.5) is 11.4 Å². The summed E-state index contributed by atoms with van der Waals surface area (Å²) in [7, 11) is 1.58. The number of halogens is 2. The van der Waals surface area contributed by atoms with Crippen molar-refractivity contribution >= 4 is 40.5 Å². The van der Waals surface area contributed by atoms with E-state index in [4.69, 9.17) is 27.9 Å². The Labute approximate surface area is 176 Å². The molecule has 0 bridgehead atoms. The van der Waals surface area contributed by atoms with E-state index in [1.54, 1.807) is 32.2 Å². The summed E-state index contributed by atoms with van der Waals surface area (Å²) in [6, 6.07) is 8.99. The van der Waals surface area contributed by atoms with Gasteiger partial charge in [0.05, 0.1) is 27.4 Å². The third-order valence-corrected chi connectivity index (χ3v) is 4.97. The second kappa shape index (κ2) is 8.10. The van der Waals surface area contributed by atoms with Crippen molar-refractivity contribution in [3.05, 3.63) is 73.5 Å². The fourth-order valence-electron chi connectivity index (χ4n) is 2.71. The lowest BCUT2D eigenvalue weighted by molar-refractivity contribution is -0.384. The fraction of sp³-hybridized carbons (Fsp3) is 0.158. The van der Waals surface area contributed by atoms with E-state index < -0.39 is 10.8 Å². The van der Waals surface area contributed by atoms with Crippen LogP contribution in [0.25, 0.3) is 0 Å². The number of ether oxygens (including phenoxy) is 1. The first-order chi connectivity index (χ1) is 13.7. The van der Waals surface area contributed by atoms with Crippen LogP contribution in [0.15, 0.2) is 36.4 Å². The van der Waals surface area contributed by atoms with E-state index in [0.717, 1.165) is 5.56 Å². The molecule has 2 aromatic carbocycles. The smallest absolute Gasteiger partial charge is 0.275 e. The Morgan fingerprint density at radius 2 is 1.90 bits per heavy atom. The van der Waals surface area contributed by atoms with Gasteiger partial charge in [0.25, 0.3) is 11.6 Å². The number of rotatable bonds is 5. The van der Waals surface area contributed by atoms with E-state index in [1.165, 1.54) is 22.9 Å². The second-order valence-electron chi connectivity index (χ2n) is 6.31. The van der Waals surface area contributed by atoms with Crippen LogP contribution in [0.2, 0.25) is 10.0 Å². The quantitative estimate of drug-likeness (QED) is 0.433. The third kappa shape index (κ3) is 4.49. The number of carbonyl (C=O) groups excluding carboxylic acids is 1. The van der Waals surface area contributed by atoms with Gasteiger partial charge in [-0.25, -0.2) is 0 Å². The van der Waals surface area contributed by atoms with Gasteiger partial charge in [0.2, 0.25) is 0 Å². The lowest BCUT2D eigenvalue weighted by atomic mass is 10.2. The summed E-state index contributed by atoms with van der Waals surface area (Å²) in [5.41, 5.74) is 1.38. The molecular weight excluding hydrogens is 419 g/mol. The Kier molecular flexibility index (Phi) is 5.76. The molecule has 3 rings (SSSR count). The number of hydrogen-bond donors (Lipinski definition) is 1. The highest BCUT2D eigenvalue weighted by Gasteiger charge is 2.20. The minimum absolute atomic E-state index is 0.145. The topological polar surface area (TPSA) is 99.3 Å². The van der Waals surface area contributed by atoms with Crippen LogP contribution < -0.4 is 10.1 Å². The number of non-ortho nitro benzene ring substituents is 1. The molecule has 0 saturated heterocycles. The summed E-state index contributed by atoms with van der Waals surface area (Å²) in [4.78, 5) is 23.4. The molecule has 0 fully saturated rings. The van der Waals surface area contributed by atoms with Crippen LogP contribution in [0, 0.1) is 24.0 Å². The predicted octanol–water partition coefficient (Wildman–Crippen LogP) is 5.30. The number of nitro groups is 1. The zero-order chi connectivity index (χ0) is 21.3. The standard InChI is InChI=1S/C19H16Cl2N4O4/c1-10-6-14(4-5-16(10)20)29-15-8-12(7-13(9-15)25(27)28)22-19(26)18-17(21)11(2)23-24(18)3/h4-9H,1-3H3,(H,22,26). The Morgan fingerprint density at radius 3 is 2.48 bits per heavy atom. The monoisotopic (exact) mass is 434 g/mol. The average Bonchev–Trinajstić information content (AvgIpc) is 2.90. The van der Waals surface area contributed by atoms with E-state index in [1.807, 2.05) is 6.92 Å². The molecule has 29 heavy (non-hydrogen) atoms. The Balaban J connectivity index is 1.93. The van der Waals surface area contributed by atoms with Crippen LogP contribution in [-0.4, -0.2) is 20.6 Å². The van der Waals surface area contributed by atoms with Crippen molar-refractivity contribution in [1.29, 1.82) is 0 Å². The Bertz CT molecular complexity index is 1130. The molecule has 1 heterocycles. The van der Waals surface area contributed by atoms with Crippen LogP contribution in [0.5, 0.6) is 11.5 Å². The number of aromatic nitrogens is 2. The van der Waals surface area contributed by atoms with E-state index in [-0.39, 0.29) is 27.8 Å². The van der Waals surface area contributed by atoms with Crippen LogP contribution >= 0.6 is 23.2 Å². The van der Waals surface area contributed by atoms with Gasteiger partial charge in [0, 0.05) is 24.2 Å². The number of benzene rings is 2. The predicted molar refractivity (Wildman–Crippen MR) is 110 cm³/mol. The first-order valence-corrected chi connectivity index (χ1v) is 9.15. The molecule has 3 aromatic rings. The summed E-state index contributed by atoms with van der Waals surface area (Å²) in [6.07, 6.45) is 0. The number of carbonyl (C=O) groups is 1. The normalized spacial score (nSPS) is 10.7. The Morgan fingerprint density at radius 1 is 1.17 bits per heavy atom. The molecule has 0 aliphatic heterocycles. The van der Waals surface area contributed by atoms with E-state index in [9.17, 15) is 14.9 Å². The molecule has 150 valence electrons. The van der Waals surface area contributed by atoms with Gasteiger partial charge in [0.15, 0.2) is 0 Å². The van der Waals surface area contributed by atoms with Crippen molar-refractivity contribution in [2.45, 2.75) is 13.8 Å². The SMILES string of the molecule is Cc1cc(Oc2cc(NC(=O)c3c(Cl)c(C)nn3C)cc([N+](=O)[O-])c2)ccc1Cl. The number of aryl methyl sites for hydroxylation is 3. The van der Waals surface area contributed by atoms with Gasteiger partial charge in [0.1, 0.15) is 17.2 Å². The zero-order valence-corrected chi connectivity index (χ0v) is 17.2. The molecule has 10 heteroatoms. The highest BCUT2D eigenvalue weighted by molar-refractivity contribution is 6.34. The summed E-state index contributed by atoms with van der Waals surface area (Å²) in [6.45, 7) is 3.49. The van der Waals surface area contributed by atoms with Crippen molar-refractivity contribution in [3.63, 3.8) is 0 Å². The van der Waals surface area contributed by atoms with Crippen LogP contribution in [-0.2, 0) is 7.05 Å². The van der Waals surface area contributed by atoms with Gasteiger partial charge < -0.3 is 10.1 Å². The second-order valence-corrected chi connectivity index (χ2v) is 7.10. The number of nitro benzene ring substituents is 1. The molecule has 0 unspecified atom stereocenters. The molecule has 0 spiro atoms. The lowest BCUT2D eigenvalue weighted by Gasteiger charge is -2.10. The van der Waals surface area contributed by atoms with Crippen molar-refractivity contribution < 1.29 is 14.5 Å². The summed E-state index contributed by atoms with van der Waals surface area (Å²) in [5, 5.41) is 18.8. The molecule has 0 aliphatic carbocycles. The number of nitrogens with one attached hydrogen (secondary N) is 1. The van der Waals surface area contributed by atoms with Gasteiger partial charge in [-0.2, -0.15) is 5.10 Å². The highest BCUT2D eigenvalue weighted by Crippen LogP contribution is 2.32. The average molecular weight is 435 g/mol. The number of hydrogen-bond acceptors (Lipinski definition) is 5. The highest BCUT2D eigenvalue weighted by atomic mass is 35.5. The molecule has 0 radical (unpaired) electrons. The molecule has 1 N–H and O–H groups in total. The van der Waals surface area contributed by atoms with Crippen molar-refractivity contribution in [3.8, 4) is 11.5 Å². The number of anilines is 1. The zero-order valence-electron chi connectivity index (χ0n) is 15.7. The molecule has 1 amide bonds. The van der Waals surface area contributed by atoms with Crippen molar-refractivity contribution in [1.82, 2.24) is 9.78 Å². The van der Waals surface area contributed by atoms with E-state index in [2.05, 4.69) is 10.4 Å². The molecule has 0 aliphatic rings. The van der Waals surface area contributed by atoms with Crippen molar-refractivity contribution in [2.75, 3.05) is 5.32 Å². The molecule has 8 nitrogen and oxygen atoms in total. The van der Waals surface area contributed by atoms with Gasteiger partial charge in [-0.05, 0) is 37.6 Å². The number of amides is 1. The lowest BCUT2D eigenvalue weighted by Crippen LogP contribution is -2.16. The fourth-order valence-corrected chi connectivity index (χ4v) is 3.07.